The molecule has 0 aliphatic rings. The molecule has 0 fully saturated rings. The second-order valence-corrected chi connectivity index (χ2v) is 3.11. The van der Waals surface area contributed by atoms with Gasteiger partial charge in [0.25, 0.3) is 0 Å². The van der Waals surface area contributed by atoms with Crippen molar-refractivity contribution in [2.45, 2.75) is 26.9 Å². The summed E-state index contributed by atoms with van der Waals surface area (Å²) in [5.41, 5.74) is 0. The molecule has 1 aromatic heterocycles. The Balaban J connectivity index is 2.83. The number of aromatic nitrogens is 3. The van der Waals surface area contributed by atoms with Crippen LogP contribution in [-0.2, 0) is 0 Å². The Hall–Kier alpha value is -1.10. The van der Waals surface area contributed by atoms with Gasteiger partial charge in [0.2, 0.25) is 5.28 Å². The Kier molecular flexibility index (Phi) is 3.88. The maximum absolute atomic E-state index is 5.65. The number of ether oxygens (including phenoxy) is 2. The molecule has 78 valence electrons. The smallest absolute Gasteiger partial charge is 0.324 e. The van der Waals surface area contributed by atoms with E-state index in [0.29, 0.717) is 6.61 Å². The number of nitrogens with zero attached hydrogens (tertiary/aromatic N) is 3. The largest absolute Gasteiger partial charge is 0.464 e. The van der Waals surface area contributed by atoms with Crippen LogP contribution in [0.1, 0.15) is 20.8 Å². The summed E-state index contributed by atoms with van der Waals surface area (Å²) in [6.45, 7) is 6.05. The van der Waals surface area contributed by atoms with Crippen molar-refractivity contribution in [2.24, 2.45) is 0 Å². The normalized spacial score (nSPS) is 10.4. The minimum Gasteiger partial charge on any atom is -0.464 e. The zero-order valence-corrected chi connectivity index (χ0v) is 9.08. The molecule has 0 aromatic carbocycles. The van der Waals surface area contributed by atoms with Gasteiger partial charge in [-0.15, -0.1) is 4.98 Å². The van der Waals surface area contributed by atoms with Crippen molar-refractivity contribution < 1.29 is 9.47 Å². The summed E-state index contributed by atoms with van der Waals surface area (Å²) in [6.07, 6.45) is -0.0112. The van der Waals surface area contributed by atoms with E-state index in [0.717, 1.165) is 0 Å². The van der Waals surface area contributed by atoms with Crippen LogP contribution >= 0.6 is 11.6 Å². The highest BCUT2D eigenvalue weighted by molar-refractivity contribution is 6.28. The summed E-state index contributed by atoms with van der Waals surface area (Å²) in [5.74, 6) is 0. The highest BCUT2D eigenvalue weighted by atomic mass is 35.5. The Morgan fingerprint density at radius 3 is 2.43 bits per heavy atom. The fourth-order valence-electron chi connectivity index (χ4n) is 0.772. The first-order valence-electron chi connectivity index (χ1n) is 4.33. The van der Waals surface area contributed by atoms with Crippen LogP contribution in [0.25, 0.3) is 0 Å². The molecular weight excluding hydrogens is 206 g/mol. The summed E-state index contributed by atoms with van der Waals surface area (Å²) in [7, 11) is 0. The predicted molar refractivity (Wildman–Crippen MR) is 51.8 cm³/mol. The summed E-state index contributed by atoms with van der Waals surface area (Å²) in [6, 6.07) is 0.367. The first-order chi connectivity index (χ1) is 6.61. The van der Waals surface area contributed by atoms with Crippen molar-refractivity contribution in [3.8, 4) is 12.0 Å². The third-order valence-electron chi connectivity index (χ3n) is 1.18. The Morgan fingerprint density at radius 2 is 1.86 bits per heavy atom. The van der Waals surface area contributed by atoms with E-state index in [9.17, 15) is 0 Å². The molecule has 14 heavy (non-hydrogen) atoms. The maximum atomic E-state index is 5.65. The zero-order valence-electron chi connectivity index (χ0n) is 8.32. The average molecular weight is 218 g/mol. The number of rotatable bonds is 4. The zero-order chi connectivity index (χ0) is 10.6. The Morgan fingerprint density at radius 1 is 1.21 bits per heavy atom. The van der Waals surface area contributed by atoms with Gasteiger partial charge < -0.3 is 9.47 Å². The minimum absolute atomic E-state index is 0.0112. The first-order valence-corrected chi connectivity index (χ1v) is 4.70. The molecule has 0 bridgehead atoms. The monoisotopic (exact) mass is 217 g/mol. The summed E-state index contributed by atoms with van der Waals surface area (Å²) in [5, 5.41) is 0.0686. The topological polar surface area (TPSA) is 57.1 Å². The third kappa shape index (κ3) is 3.33. The van der Waals surface area contributed by atoms with Crippen LogP contribution in [0.4, 0.5) is 0 Å². The minimum atomic E-state index is -0.0112. The SMILES string of the molecule is CCOc1nc(Cl)nc(OC(C)C)n1. The van der Waals surface area contributed by atoms with E-state index in [-0.39, 0.29) is 23.4 Å². The Labute approximate surface area is 87.4 Å². The van der Waals surface area contributed by atoms with Gasteiger partial charge in [-0.1, -0.05) is 0 Å². The predicted octanol–water partition coefficient (Wildman–Crippen LogP) is 1.71. The van der Waals surface area contributed by atoms with E-state index in [2.05, 4.69) is 15.0 Å². The summed E-state index contributed by atoms with van der Waals surface area (Å²) >= 11 is 5.65. The van der Waals surface area contributed by atoms with Gasteiger partial charge in [0.05, 0.1) is 12.7 Å². The second-order valence-electron chi connectivity index (χ2n) is 2.77. The van der Waals surface area contributed by atoms with Crippen LogP contribution < -0.4 is 9.47 Å². The van der Waals surface area contributed by atoms with Crippen LogP contribution in [0.3, 0.4) is 0 Å². The van der Waals surface area contributed by atoms with Crippen molar-refractivity contribution in [3.63, 3.8) is 0 Å². The highest BCUT2D eigenvalue weighted by Crippen LogP contribution is 2.13. The molecular formula is C8H12ClN3O2. The van der Waals surface area contributed by atoms with E-state index in [1.54, 1.807) is 0 Å². The second kappa shape index (κ2) is 4.95. The quantitative estimate of drug-likeness (QED) is 0.769. The molecule has 0 saturated carbocycles. The lowest BCUT2D eigenvalue weighted by Crippen LogP contribution is -2.10. The van der Waals surface area contributed by atoms with Crippen molar-refractivity contribution in [3.05, 3.63) is 5.28 Å². The van der Waals surface area contributed by atoms with Gasteiger partial charge in [-0.25, -0.2) is 0 Å². The molecule has 0 spiro atoms. The standard InChI is InChI=1S/C8H12ClN3O2/c1-4-13-7-10-6(9)11-8(12-7)14-5(2)3/h5H,4H2,1-3H3. The van der Waals surface area contributed by atoms with Gasteiger partial charge in [0.1, 0.15) is 0 Å². The molecule has 0 N–H and O–H groups in total. The lowest BCUT2D eigenvalue weighted by molar-refractivity contribution is 0.214. The summed E-state index contributed by atoms with van der Waals surface area (Å²) in [4.78, 5) is 11.5. The molecule has 5 nitrogen and oxygen atoms in total. The molecule has 0 amide bonds. The van der Waals surface area contributed by atoms with Crippen molar-refractivity contribution in [1.82, 2.24) is 15.0 Å². The molecule has 0 unspecified atom stereocenters. The molecule has 0 radical (unpaired) electrons. The maximum Gasteiger partial charge on any atom is 0.324 e. The molecule has 0 aliphatic heterocycles. The van der Waals surface area contributed by atoms with Gasteiger partial charge >= 0.3 is 12.0 Å². The summed E-state index contributed by atoms with van der Waals surface area (Å²) < 4.78 is 10.3. The van der Waals surface area contributed by atoms with Gasteiger partial charge in [-0.05, 0) is 32.4 Å². The van der Waals surface area contributed by atoms with Crippen molar-refractivity contribution in [2.75, 3.05) is 6.61 Å². The van der Waals surface area contributed by atoms with Crippen LogP contribution in [0.5, 0.6) is 12.0 Å². The lowest BCUT2D eigenvalue weighted by Gasteiger charge is -2.08. The van der Waals surface area contributed by atoms with Crippen LogP contribution in [0.15, 0.2) is 0 Å². The highest BCUT2D eigenvalue weighted by Gasteiger charge is 2.07. The molecule has 0 aliphatic carbocycles. The molecule has 1 heterocycles. The number of hydrogen-bond acceptors (Lipinski definition) is 5. The number of hydrogen-bond donors (Lipinski definition) is 0. The van der Waals surface area contributed by atoms with Gasteiger partial charge in [-0.3, -0.25) is 0 Å². The van der Waals surface area contributed by atoms with E-state index in [4.69, 9.17) is 21.1 Å². The Bertz CT molecular complexity index is 307. The molecule has 6 heteroatoms. The van der Waals surface area contributed by atoms with Crippen molar-refractivity contribution >= 4 is 11.6 Å². The first kappa shape index (κ1) is 11.0. The van der Waals surface area contributed by atoms with Crippen LogP contribution in [0.2, 0.25) is 5.28 Å². The van der Waals surface area contributed by atoms with Crippen molar-refractivity contribution in [1.29, 1.82) is 0 Å². The van der Waals surface area contributed by atoms with E-state index < -0.39 is 0 Å². The average Bonchev–Trinajstić information content (AvgIpc) is 2.01. The van der Waals surface area contributed by atoms with E-state index in [1.807, 2.05) is 20.8 Å². The molecule has 1 rings (SSSR count). The van der Waals surface area contributed by atoms with Gasteiger partial charge in [0.15, 0.2) is 0 Å². The van der Waals surface area contributed by atoms with Gasteiger partial charge in [-0.2, -0.15) is 9.97 Å². The fraction of sp³-hybridized carbons (Fsp3) is 0.625. The lowest BCUT2D eigenvalue weighted by atomic mass is 10.5. The van der Waals surface area contributed by atoms with Crippen LogP contribution in [0, 0.1) is 0 Å². The molecule has 0 atom stereocenters. The van der Waals surface area contributed by atoms with E-state index in [1.165, 1.54) is 0 Å². The number of halogens is 1. The third-order valence-corrected chi connectivity index (χ3v) is 1.35. The van der Waals surface area contributed by atoms with Crippen LogP contribution in [-0.4, -0.2) is 27.7 Å². The van der Waals surface area contributed by atoms with Gasteiger partial charge in [0, 0.05) is 0 Å². The van der Waals surface area contributed by atoms with E-state index >= 15 is 0 Å². The molecule has 0 saturated heterocycles. The molecule has 1 aromatic rings. The fourth-order valence-corrected chi connectivity index (χ4v) is 0.916.